The molecule has 1 aliphatic rings. The molecule has 28 heavy (non-hydrogen) atoms. The van der Waals surface area contributed by atoms with Gasteiger partial charge < -0.3 is 15.0 Å². The molecule has 2 atom stereocenters. The molecule has 2 aromatic rings. The zero-order chi connectivity index (χ0) is 19.9. The molecule has 2 unspecified atom stereocenters. The Morgan fingerprint density at radius 1 is 0.964 bits per heavy atom. The SMILES string of the molecule is CC(NC(c1ccccc1)C(C)C)C(=O)Nc1ccc(N2CCOCC2)cc1. The minimum atomic E-state index is -0.300. The summed E-state index contributed by atoms with van der Waals surface area (Å²) in [5.41, 5.74) is 3.18. The number of anilines is 2. The van der Waals surface area contributed by atoms with Crippen molar-refractivity contribution in [1.29, 1.82) is 0 Å². The molecular formula is C23H31N3O2. The molecule has 1 saturated heterocycles. The lowest BCUT2D eigenvalue weighted by molar-refractivity contribution is -0.118. The van der Waals surface area contributed by atoms with E-state index in [0.717, 1.165) is 37.7 Å². The fourth-order valence-electron chi connectivity index (χ4n) is 3.51. The second kappa shape index (κ2) is 9.71. The molecule has 0 radical (unpaired) electrons. The zero-order valence-electron chi connectivity index (χ0n) is 17.0. The number of amides is 1. The van der Waals surface area contributed by atoms with Crippen molar-refractivity contribution in [3.63, 3.8) is 0 Å². The van der Waals surface area contributed by atoms with E-state index in [0.29, 0.717) is 5.92 Å². The van der Waals surface area contributed by atoms with Crippen LogP contribution in [0.2, 0.25) is 0 Å². The van der Waals surface area contributed by atoms with Gasteiger partial charge in [0.1, 0.15) is 0 Å². The van der Waals surface area contributed by atoms with Gasteiger partial charge in [0.2, 0.25) is 5.91 Å². The first-order chi connectivity index (χ1) is 13.5. The third kappa shape index (κ3) is 5.33. The normalized spacial score (nSPS) is 16.6. The molecule has 0 aromatic heterocycles. The van der Waals surface area contributed by atoms with Gasteiger partial charge in [-0.2, -0.15) is 0 Å². The predicted octanol–water partition coefficient (Wildman–Crippen LogP) is 3.84. The highest BCUT2D eigenvalue weighted by Gasteiger charge is 2.21. The van der Waals surface area contributed by atoms with E-state index in [-0.39, 0.29) is 18.0 Å². The summed E-state index contributed by atoms with van der Waals surface area (Å²) in [6.45, 7) is 9.58. The van der Waals surface area contributed by atoms with Crippen LogP contribution in [0.5, 0.6) is 0 Å². The molecule has 5 heteroatoms. The standard InChI is InChI=1S/C23H31N3O2/c1-17(2)22(19-7-5-4-6-8-19)24-18(3)23(27)25-20-9-11-21(12-10-20)26-13-15-28-16-14-26/h4-12,17-18,22,24H,13-16H2,1-3H3,(H,25,27). The number of carbonyl (C=O) groups is 1. The van der Waals surface area contributed by atoms with Gasteiger partial charge in [0, 0.05) is 30.5 Å². The van der Waals surface area contributed by atoms with E-state index in [2.05, 4.69) is 53.6 Å². The van der Waals surface area contributed by atoms with Gasteiger partial charge in [-0.05, 0) is 42.7 Å². The van der Waals surface area contributed by atoms with Crippen molar-refractivity contribution in [3.8, 4) is 0 Å². The lowest BCUT2D eigenvalue weighted by Gasteiger charge is -2.29. The Morgan fingerprint density at radius 2 is 1.61 bits per heavy atom. The summed E-state index contributed by atoms with van der Waals surface area (Å²) in [5.74, 6) is 0.353. The Kier molecular flexibility index (Phi) is 7.06. The maximum Gasteiger partial charge on any atom is 0.241 e. The minimum Gasteiger partial charge on any atom is -0.378 e. The number of nitrogens with zero attached hydrogens (tertiary/aromatic N) is 1. The Morgan fingerprint density at radius 3 is 2.21 bits per heavy atom. The number of hydrogen-bond acceptors (Lipinski definition) is 4. The zero-order valence-corrected chi connectivity index (χ0v) is 17.0. The van der Waals surface area contributed by atoms with Gasteiger partial charge in [0.25, 0.3) is 0 Å². The van der Waals surface area contributed by atoms with Gasteiger partial charge >= 0.3 is 0 Å². The fourth-order valence-corrected chi connectivity index (χ4v) is 3.51. The molecule has 1 fully saturated rings. The van der Waals surface area contributed by atoms with Crippen LogP contribution in [0.3, 0.4) is 0 Å². The molecule has 5 nitrogen and oxygen atoms in total. The summed E-state index contributed by atoms with van der Waals surface area (Å²) in [7, 11) is 0. The summed E-state index contributed by atoms with van der Waals surface area (Å²) in [6.07, 6.45) is 0. The van der Waals surface area contributed by atoms with E-state index in [1.165, 1.54) is 5.56 Å². The first kappa shape index (κ1) is 20.4. The van der Waals surface area contributed by atoms with Crippen LogP contribution in [-0.4, -0.2) is 38.3 Å². The Bertz CT molecular complexity index is 740. The van der Waals surface area contributed by atoms with Crippen LogP contribution in [0.4, 0.5) is 11.4 Å². The first-order valence-electron chi connectivity index (χ1n) is 10.1. The summed E-state index contributed by atoms with van der Waals surface area (Å²) >= 11 is 0. The number of ether oxygens (including phenoxy) is 1. The van der Waals surface area contributed by atoms with Crippen molar-refractivity contribution < 1.29 is 9.53 Å². The molecule has 1 aliphatic heterocycles. The monoisotopic (exact) mass is 381 g/mol. The lowest BCUT2D eigenvalue weighted by Crippen LogP contribution is -2.41. The van der Waals surface area contributed by atoms with Gasteiger partial charge in [0.15, 0.2) is 0 Å². The van der Waals surface area contributed by atoms with Crippen molar-refractivity contribution >= 4 is 17.3 Å². The van der Waals surface area contributed by atoms with Gasteiger partial charge in [-0.25, -0.2) is 0 Å². The average molecular weight is 382 g/mol. The molecule has 150 valence electrons. The van der Waals surface area contributed by atoms with Crippen molar-refractivity contribution in [3.05, 3.63) is 60.2 Å². The maximum atomic E-state index is 12.7. The molecule has 0 aliphatic carbocycles. The van der Waals surface area contributed by atoms with E-state index in [4.69, 9.17) is 4.74 Å². The molecular weight excluding hydrogens is 350 g/mol. The average Bonchev–Trinajstić information content (AvgIpc) is 2.73. The summed E-state index contributed by atoms with van der Waals surface area (Å²) < 4.78 is 5.40. The van der Waals surface area contributed by atoms with Crippen LogP contribution in [0.25, 0.3) is 0 Å². The third-order valence-electron chi connectivity index (χ3n) is 5.16. The van der Waals surface area contributed by atoms with Crippen LogP contribution in [-0.2, 0) is 9.53 Å². The van der Waals surface area contributed by atoms with Crippen molar-refractivity contribution in [2.24, 2.45) is 5.92 Å². The van der Waals surface area contributed by atoms with Crippen molar-refractivity contribution in [2.75, 3.05) is 36.5 Å². The van der Waals surface area contributed by atoms with Gasteiger partial charge in [0.05, 0.1) is 19.3 Å². The summed E-state index contributed by atoms with van der Waals surface area (Å²) in [5, 5.41) is 6.50. The predicted molar refractivity (Wildman–Crippen MR) is 115 cm³/mol. The van der Waals surface area contributed by atoms with Crippen molar-refractivity contribution in [1.82, 2.24) is 5.32 Å². The Balaban J connectivity index is 1.58. The van der Waals surface area contributed by atoms with Gasteiger partial charge in [-0.15, -0.1) is 0 Å². The van der Waals surface area contributed by atoms with Crippen LogP contribution >= 0.6 is 0 Å². The van der Waals surface area contributed by atoms with Gasteiger partial charge in [-0.1, -0.05) is 44.2 Å². The summed E-state index contributed by atoms with van der Waals surface area (Å²) in [4.78, 5) is 15.0. The maximum absolute atomic E-state index is 12.7. The number of rotatable bonds is 7. The van der Waals surface area contributed by atoms with Crippen LogP contribution in [0.15, 0.2) is 54.6 Å². The third-order valence-corrected chi connectivity index (χ3v) is 5.16. The van der Waals surface area contributed by atoms with E-state index >= 15 is 0 Å². The lowest BCUT2D eigenvalue weighted by atomic mass is 9.95. The highest BCUT2D eigenvalue weighted by molar-refractivity contribution is 5.94. The molecule has 0 bridgehead atoms. The van der Waals surface area contributed by atoms with E-state index < -0.39 is 0 Å². The van der Waals surface area contributed by atoms with Gasteiger partial charge in [-0.3, -0.25) is 10.1 Å². The number of carbonyl (C=O) groups excluding carboxylic acids is 1. The Labute approximate surface area is 168 Å². The molecule has 2 N–H and O–H groups in total. The Hall–Kier alpha value is -2.37. The molecule has 1 amide bonds. The van der Waals surface area contributed by atoms with Crippen LogP contribution in [0, 0.1) is 5.92 Å². The summed E-state index contributed by atoms with van der Waals surface area (Å²) in [6, 6.07) is 18.2. The van der Waals surface area contributed by atoms with E-state index in [1.54, 1.807) is 0 Å². The highest BCUT2D eigenvalue weighted by Crippen LogP contribution is 2.23. The van der Waals surface area contributed by atoms with Crippen LogP contribution < -0.4 is 15.5 Å². The number of morpholine rings is 1. The van der Waals surface area contributed by atoms with E-state index in [1.807, 2.05) is 37.3 Å². The van der Waals surface area contributed by atoms with Crippen LogP contribution in [0.1, 0.15) is 32.4 Å². The number of nitrogens with one attached hydrogen (secondary N) is 2. The topological polar surface area (TPSA) is 53.6 Å². The molecule has 1 heterocycles. The largest absolute Gasteiger partial charge is 0.378 e. The van der Waals surface area contributed by atoms with E-state index in [9.17, 15) is 4.79 Å². The molecule has 0 spiro atoms. The smallest absolute Gasteiger partial charge is 0.241 e. The highest BCUT2D eigenvalue weighted by atomic mass is 16.5. The number of benzene rings is 2. The molecule has 0 saturated carbocycles. The molecule has 2 aromatic carbocycles. The van der Waals surface area contributed by atoms with Crippen molar-refractivity contribution in [2.45, 2.75) is 32.9 Å². The second-order valence-electron chi connectivity index (χ2n) is 7.66. The molecule has 3 rings (SSSR count). The first-order valence-corrected chi connectivity index (χ1v) is 10.1. The second-order valence-corrected chi connectivity index (χ2v) is 7.66. The number of hydrogen-bond donors (Lipinski definition) is 2. The minimum absolute atomic E-state index is 0.0271. The fraction of sp³-hybridized carbons (Fsp3) is 0.435. The quantitative estimate of drug-likeness (QED) is 0.765.